The number of anilines is 2. The Morgan fingerprint density at radius 1 is 0.973 bits per heavy atom. The number of nitrogens with zero attached hydrogens (tertiary/aromatic N) is 4. The van der Waals surface area contributed by atoms with Crippen LogP contribution in [0.4, 0.5) is 11.5 Å². The summed E-state index contributed by atoms with van der Waals surface area (Å²) in [5.41, 5.74) is 1.83. The molecule has 2 N–H and O–H groups in total. The number of sulfonamides is 1. The molecule has 0 aliphatic carbocycles. The summed E-state index contributed by atoms with van der Waals surface area (Å²) < 4.78 is 34.0. The van der Waals surface area contributed by atoms with Crippen LogP contribution in [-0.2, 0) is 21.4 Å². The fourth-order valence-electron chi connectivity index (χ4n) is 3.50. The van der Waals surface area contributed by atoms with Gasteiger partial charge in [-0.3, -0.25) is 14.3 Å². The molecule has 0 unspecified atom stereocenters. The number of hydrogen-bond donors (Lipinski definition) is 2. The van der Waals surface area contributed by atoms with Crippen LogP contribution in [-0.4, -0.2) is 41.2 Å². The van der Waals surface area contributed by atoms with E-state index in [9.17, 15) is 18.0 Å². The molecular weight excluding hydrogens is 496 g/mol. The van der Waals surface area contributed by atoms with E-state index in [0.29, 0.717) is 28.6 Å². The third kappa shape index (κ3) is 6.35. The maximum atomic E-state index is 12.7. The fraction of sp³-hybridized carbons (Fsp3) is 0.160. The van der Waals surface area contributed by atoms with Crippen LogP contribution in [0.15, 0.2) is 76.4 Å². The highest BCUT2D eigenvalue weighted by atomic mass is 32.2. The van der Waals surface area contributed by atoms with E-state index in [1.54, 1.807) is 51.3 Å². The Labute approximate surface area is 213 Å². The fourth-order valence-corrected chi connectivity index (χ4v) is 4.49. The maximum Gasteiger partial charge on any atom is 0.267 e. The van der Waals surface area contributed by atoms with Crippen molar-refractivity contribution in [3.8, 4) is 17.0 Å². The molecule has 37 heavy (non-hydrogen) atoms. The molecular formula is C25H24N6O5S. The Balaban J connectivity index is 1.44. The number of carbonyl (C=O) groups is 1. The lowest BCUT2D eigenvalue weighted by molar-refractivity contribution is -0.117. The van der Waals surface area contributed by atoms with Crippen LogP contribution in [0.5, 0.6) is 5.75 Å². The molecule has 2 aromatic carbocycles. The Morgan fingerprint density at radius 2 is 1.68 bits per heavy atom. The Hall–Kier alpha value is -4.58. The van der Waals surface area contributed by atoms with Gasteiger partial charge in [0.05, 0.1) is 17.7 Å². The predicted molar refractivity (Wildman–Crippen MR) is 138 cm³/mol. The van der Waals surface area contributed by atoms with Crippen molar-refractivity contribution in [1.29, 1.82) is 0 Å². The molecule has 0 saturated carbocycles. The van der Waals surface area contributed by atoms with Crippen LogP contribution in [0.2, 0.25) is 0 Å². The average Bonchev–Trinajstić information content (AvgIpc) is 2.85. The number of aromatic nitrogens is 4. The van der Waals surface area contributed by atoms with Gasteiger partial charge in [0.15, 0.2) is 0 Å². The third-order valence-corrected chi connectivity index (χ3v) is 6.57. The molecule has 4 aromatic rings. The van der Waals surface area contributed by atoms with Crippen molar-refractivity contribution < 1.29 is 17.9 Å². The molecule has 0 aliphatic heterocycles. The molecule has 1 amide bonds. The van der Waals surface area contributed by atoms with Crippen LogP contribution in [0, 0.1) is 13.8 Å². The molecule has 0 spiro atoms. The minimum absolute atomic E-state index is 0.00973. The molecule has 0 aliphatic rings. The van der Waals surface area contributed by atoms with Gasteiger partial charge in [0, 0.05) is 29.1 Å². The monoisotopic (exact) mass is 520 g/mol. The van der Waals surface area contributed by atoms with Gasteiger partial charge in [-0.15, -0.1) is 0 Å². The Kier molecular flexibility index (Phi) is 7.30. The maximum absolute atomic E-state index is 12.7. The lowest BCUT2D eigenvalue weighted by Crippen LogP contribution is -2.29. The van der Waals surface area contributed by atoms with E-state index >= 15 is 0 Å². The zero-order valence-electron chi connectivity index (χ0n) is 20.3. The summed E-state index contributed by atoms with van der Waals surface area (Å²) in [5, 5.41) is 6.93. The smallest absolute Gasteiger partial charge is 0.267 e. The molecule has 0 radical (unpaired) electrons. The highest BCUT2D eigenvalue weighted by molar-refractivity contribution is 7.92. The zero-order chi connectivity index (χ0) is 26.6. The standard InChI is InChI=1S/C25H24N6O5S/c1-16-14-23(27-17(2)26-16)30-37(34,35)21-10-6-19(7-11-21)28-24(32)15-31-25(33)13-12-22(29-31)18-4-8-20(36-3)9-5-18/h4-14H,15H2,1-3H3,(H,28,32)(H,26,27,30). The number of amides is 1. The minimum Gasteiger partial charge on any atom is -0.497 e. The van der Waals surface area contributed by atoms with Gasteiger partial charge in [0.1, 0.15) is 23.9 Å². The van der Waals surface area contributed by atoms with E-state index in [1.165, 1.54) is 36.4 Å². The number of nitrogens with one attached hydrogen (secondary N) is 2. The lowest BCUT2D eigenvalue weighted by atomic mass is 10.1. The van der Waals surface area contributed by atoms with Crippen molar-refractivity contribution in [3.05, 3.63) is 88.6 Å². The molecule has 0 fully saturated rings. The topological polar surface area (TPSA) is 145 Å². The van der Waals surface area contributed by atoms with Gasteiger partial charge < -0.3 is 10.1 Å². The molecule has 0 bridgehead atoms. The van der Waals surface area contributed by atoms with Crippen molar-refractivity contribution in [2.24, 2.45) is 0 Å². The van der Waals surface area contributed by atoms with Crippen LogP contribution in [0.3, 0.4) is 0 Å². The van der Waals surface area contributed by atoms with E-state index in [1.807, 2.05) is 0 Å². The second-order valence-corrected chi connectivity index (χ2v) is 9.75. The summed E-state index contributed by atoms with van der Waals surface area (Å²) in [7, 11) is -2.33. The van der Waals surface area contributed by atoms with Gasteiger partial charge >= 0.3 is 0 Å². The van der Waals surface area contributed by atoms with Crippen molar-refractivity contribution in [2.75, 3.05) is 17.1 Å². The molecule has 12 heteroatoms. The van der Waals surface area contributed by atoms with Gasteiger partial charge in [-0.05, 0) is 68.4 Å². The molecule has 0 atom stereocenters. The van der Waals surface area contributed by atoms with Crippen LogP contribution in [0.1, 0.15) is 11.5 Å². The summed E-state index contributed by atoms with van der Waals surface area (Å²) in [4.78, 5) is 33.0. The van der Waals surface area contributed by atoms with E-state index in [4.69, 9.17) is 4.74 Å². The molecule has 4 rings (SSSR count). The zero-order valence-corrected chi connectivity index (χ0v) is 21.1. The Morgan fingerprint density at radius 3 is 2.32 bits per heavy atom. The third-order valence-electron chi connectivity index (χ3n) is 5.20. The summed E-state index contributed by atoms with van der Waals surface area (Å²) in [6.07, 6.45) is 0. The number of ether oxygens (including phenoxy) is 1. The second-order valence-electron chi connectivity index (χ2n) is 8.06. The number of carbonyl (C=O) groups excluding carboxylic acids is 1. The van der Waals surface area contributed by atoms with Crippen molar-refractivity contribution in [2.45, 2.75) is 25.3 Å². The number of rotatable bonds is 8. The van der Waals surface area contributed by atoms with E-state index in [2.05, 4.69) is 25.1 Å². The van der Waals surface area contributed by atoms with E-state index in [-0.39, 0.29) is 17.3 Å². The minimum atomic E-state index is -3.90. The number of methoxy groups -OCH3 is 1. The first-order chi connectivity index (χ1) is 17.6. The van der Waals surface area contributed by atoms with Gasteiger partial charge in [0.2, 0.25) is 5.91 Å². The van der Waals surface area contributed by atoms with E-state index in [0.717, 1.165) is 10.2 Å². The normalized spacial score (nSPS) is 11.1. The molecule has 11 nitrogen and oxygen atoms in total. The first-order valence-corrected chi connectivity index (χ1v) is 12.6. The lowest BCUT2D eigenvalue weighted by Gasteiger charge is -2.10. The highest BCUT2D eigenvalue weighted by Gasteiger charge is 2.16. The first kappa shape index (κ1) is 25.5. The molecule has 2 aromatic heterocycles. The largest absolute Gasteiger partial charge is 0.497 e. The van der Waals surface area contributed by atoms with Crippen molar-refractivity contribution >= 4 is 27.4 Å². The van der Waals surface area contributed by atoms with E-state index < -0.39 is 21.5 Å². The molecule has 190 valence electrons. The van der Waals surface area contributed by atoms with Crippen molar-refractivity contribution in [3.63, 3.8) is 0 Å². The molecule has 0 saturated heterocycles. The number of hydrogen-bond acceptors (Lipinski definition) is 8. The number of benzene rings is 2. The number of aryl methyl sites for hydroxylation is 2. The van der Waals surface area contributed by atoms with Crippen LogP contribution < -0.4 is 20.3 Å². The van der Waals surface area contributed by atoms with Gasteiger partial charge in [-0.2, -0.15) is 5.10 Å². The van der Waals surface area contributed by atoms with Gasteiger partial charge in [-0.25, -0.2) is 23.1 Å². The van der Waals surface area contributed by atoms with Gasteiger partial charge in [-0.1, -0.05) is 0 Å². The summed E-state index contributed by atoms with van der Waals surface area (Å²) in [6, 6.07) is 17.2. The van der Waals surface area contributed by atoms with Gasteiger partial charge in [0.25, 0.3) is 15.6 Å². The molecule has 2 heterocycles. The summed E-state index contributed by atoms with van der Waals surface area (Å²) >= 11 is 0. The summed E-state index contributed by atoms with van der Waals surface area (Å²) in [5.74, 6) is 0.795. The predicted octanol–water partition coefficient (Wildman–Crippen LogP) is 2.77. The highest BCUT2D eigenvalue weighted by Crippen LogP contribution is 2.20. The van der Waals surface area contributed by atoms with Crippen LogP contribution >= 0.6 is 0 Å². The SMILES string of the molecule is COc1ccc(-c2ccc(=O)n(CC(=O)Nc3ccc(S(=O)(=O)Nc4cc(C)nc(C)n4)cc3)n2)cc1. The average molecular weight is 521 g/mol. The quantitative estimate of drug-likeness (QED) is 0.361. The summed E-state index contributed by atoms with van der Waals surface area (Å²) in [6.45, 7) is 3.08. The first-order valence-electron chi connectivity index (χ1n) is 11.1. The Bertz CT molecular complexity index is 1580. The van der Waals surface area contributed by atoms with Crippen LogP contribution in [0.25, 0.3) is 11.3 Å². The second kappa shape index (κ2) is 10.6. The van der Waals surface area contributed by atoms with Crippen molar-refractivity contribution in [1.82, 2.24) is 19.7 Å².